The van der Waals surface area contributed by atoms with E-state index in [0.717, 1.165) is 41.1 Å². The van der Waals surface area contributed by atoms with Gasteiger partial charge >= 0.3 is 0 Å². The largest absolute Gasteiger partial charge is 0.317 e. The number of aryl methyl sites for hydroxylation is 4. The Bertz CT molecular complexity index is 1480. The maximum atomic E-state index is 13.5. The van der Waals surface area contributed by atoms with Gasteiger partial charge in [-0.05, 0) is 76.8 Å². The topological polar surface area (TPSA) is 52.2 Å². The van der Waals surface area contributed by atoms with Gasteiger partial charge in [0, 0.05) is 22.9 Å². The zero-order chi connectivity index (χ0) is 24.7. The van der Waals surface area contributed by atoms with Crippen LogP contribution in [0.25, 0.3) is 16.6 Å². The van der Waals surface area contributed by atoms with E-state index in [1.807, 2.05) is 30.5 Å². The Balaban J connectivity index is 1.62. The number of rotatable bonds is 4. The van der Waals surface area contributed by atoms with Crippen LogP contribution in [-0.4, -0.2) is 20.4 Å². The van der Waals surface area contributed by atoms with E-state index in [9.17, 15) is 4.79 Å². The second-order valence-corrected chi connectivity index (χ2v) is 10.1. The number of nitrogens with zero attached hydrogens (tertiary/aromatic N) is 4. The highest BCUT2D eigenvalue weighted by atomic mass is 16.1. The van der Waals surface area contributed by atoms with E-state index in [-0.39, 0.29) is 11.5 Å². The van der Waals surface area contributed by atoms with Crippen LogP contribution in [0.5, 0.6) is 0 Å². The summed E-state index contributed by atoms with van der Waals surface area (Å²) in [5, 5.41) is 5.38. The molecule has 0 radical (unpaired) electrons. The molecular formula is C30H34N4O. The number of benzene rings is 2. The maximum absolute atomic E-state index is 13.5. The fourth-order valence-electron chi connectivity index (χ4n) is 5.78. The molecule has 0 N–H and O–H groups in total. The van der Waals surface area contributed by atoms with E-state index >= 15 is 0 Å². The summed E-state index contributed by atoms with van der Waals surface area (Å²) in [5.74, 6) is 1.06. The van der Waals surface area contributed by atoms with Crippen LogP contribution < -0.4 is 5.56 Å². The fraction of sp³-hybridized carbons (Fsp3) is 0.367. The van der Waals surface area contributed by atoms with Crippen LogP contribution in [0, 0.1) is 34.6 Å². The molecule has 0 bridgehead atoms. The predicted octanol–water partition coefficient (Wildman–Crippen LogP) is 6.66. The smallest absolute Gasteiger partial charge is 0.282 e. The van der Waals surface area contributed by atoms with Crippen LogP contribution in [0.2, 0.25) is 0 Å². The van der Waals surface area contributed by atoms with Gasteiger partial charge in [-0.25, -0.2) is 4.98 Å². The molecule has 1 aliphatic carbocycles. The van der Waals surface area contributed by atoms with Crippen molar-refractivity contribution in [3.8, 4) is 5.69 Å². The molecule has 0 amide bonds. The van der Waals surface area contributed by atoms with E-state index in [1.54, 1.807) is 4.68 Å². The molecule has 0 aliphatic heterocycles. The Morgan fingerprint density at radius 2 is 1.63 bits per heavy atom. The second kappa shape index (κ2) is 9.29. The van der Waals surface area contributed by atoms with Crippen LogP contribution in [0.1, 0.15) is 77.5 Å². The van der Waals surface area contributed by atoms with Gasteiger partial charge in [-0.1, -0.05) is 49.1 Å². The maximum Gasteiger partial charge on any atom is 0.282 e. The van der Waals surface area contributed by atoms with Gasteiger partial charge in [-0.15, -0.1) is 0 Å². The molecule has 4 aromatic rings. The molecule has 0 saturated heterocycles. The van der Waals surface area contributed by atoms with Crippen molar-refractivity contribution in [3.05, 3.63) is 92.3 Å². The van der Waals surface area contributed by atoms with E-state index in [4.69, 9.17) is 10.1 Å². The lowest BCUT2D eigenvalue weighted by Crippen LogP contribution is -2.25. The Morgan fingerprint density at radius 3 is 2.34 bits per heavy atom. The second-order valence-electron chi connectivity index (χ2n) is 10.1. The molecular weight excluding hydrogens is 432 g/mol. The van der Waals surface area contributed by atoms with Crippen molar-refractivity contribution in [1.29, 1.82) is 0 Å². The summed E-state index contributed by atoms with van der Waals surface area (Å²) in [6.45, 7) is 10.7. The Kier molecular flexibility index (Phi) is 6.18. The summed E-state index contributed by atoms with van der Waals surface area (Å²) < 4.78 is 3.86. The average Bonchev–Trinajstić information content (AvgIpc) is 3.11. The summed E-state index contributed by atoms with van der Waals surface area (Å²) in [6.07, 6.45) is 7.55. The molecule has 5 rings (SSSR count). The van der Waals surface area contributed by atoms with Crippen molar-refractivity contribution in [3.63, 3.8) is 0 Å². The lowest BCUT2D eigenvalue weighted by Gasteiger charge is -2.22. The number of fused-ring (bicyclic) bond motifs is 1. The van der Waals surface area contributed by atoms with Gasteiger partial charge < -0.3 is 4.57 Å². The van der Waals surface area contributed by atoms with Crippen molar-refractivity contribution in [2.45, 2.75) is 72.6 Å². The van der Waals surface area contributed by atoms with Crippen LogP contribution in [0.4, 0.5) is 0 Å². The highest BCUT2D eigenvalue weighted by Crippen LogP contribution is 2.32. The van der Waals surface area contributed by atoms with E-state index in [2.05, 4.69) is 57.4 Å². The minimum atomic E-state index is -0.0912. The third kappa shape index (κ3) is 4.24. The molecule has 35 heavy (non-hydrogen) atoms. The number of hydrogen-bond acceptors (Lipinski definition) is 3. The van der Waals surface area contributed by atoms with Gasteiger partial charge in [0.25, 0.3) is 5.56 Å². The lowest BCUT2D eigenvalue weighted by atomic mass is 9.88. The first-order chi connectivity index (χ1) is 16.8. The third-order valence-corrected chi connectivity index (χ3v) is 7.39. The SMILES string of the molecule is Cc1cc(C)c(-n2c(C)cc(C=Nn3c(C4CCCCC4)nc4ccccc4c3=O)c2C)c(C)c1. The Morgan fingerprint density at radius 1 is 0.943 bits per heavy atom. The predicted molar refractivity (Wildman–Crippen MR) is 144 cm³/mol. The summed E-state index contributed by atoms with van der Waals surface area (Å²) in [5.41, 5.74) is 8.93. The van der Waals surface area contributed by atoms with Gasteiger partial charge in [-0.2, -0.15) is 9.78 Å². The van der Waals surface area contributed by atoms with Crippen molar-refractivity contribution < 1.29 is 0 Å². The molecule has 0 unspecified atom stereocenters. The van der Waals surface area contributed by atoms with Crippen molar-refractivity contribution in [1.82, 2.24) is 14.2 Å². The molecule has 0 atom stereocenters. The van der Waals surface area contributed by atoms with Crippen LogP contribution in [0.3, 0.4) is 0 Å². The number of para-hydroxylation sites is 1. The first-order valence-electron chi connectivity index (χ1n) is 12.7. The average molecular weight is 467 g/mol. The van der Waals surface area contributed by atoms with E-state index < -0.39 is 0 Å². The lowest BCUT2D eigenvalue weighted by molar-refractivity contribution is 0.416. The Labute approximate surface area is 207 Å². The van der Waals surface area contributed by atoms with Gasteiger partial charge in [0.05, 0.1) is 22.8 Å². The minimum Gasteiger partial charge on any atom is -0.317 e. The summed E-state index contributed by atoms with van der Waals surface area (Å²) in [7, 11) is 0. The van der Waals surface area contributed by atoms with Gasteiger partial charge in [0.2, 0.25) is 0 Å². The van der Waals surface area contributed by atoms with E-state index in [0.29, 0.717) is 5.39 Å². The molecule has 1 saturated carbocycles. The van der Waals surface area contributed by atoms with Crippen LogP contribution in [0.15, 0.2) is 52.4 Å². The van der Waals surface area contributed by atoms with E-state index in [1.165, 1.54) is 41.6 Å². The summed E-state index contributed by atoms with van der Waals surface area (Å²) >= 11 is 0. The zero-order valence-corrected chi connectivity index (χ0v) is 21.4. The van der Waals surface area contributed by atoms with Gasteiger partial charge in [0.15, 0.2) is 0 Å². The van der Waals surface area contributed by atoms with Gasteiger partial charge in [-0.3, -0.25) is 4.79 Å². The van der Waals surface area contributed by atoms with Crippen LogP contribution >= 0.6 is 0 Å². The fourth-order valence-corrected chi connectivity index (χ4v) is 5.78. The van der Waals surface area contributed by atoms with Gasteiger partial charge in [0.1, 0.15) is 5.82 Å². The minimum absolute atomic E-state index is 0.0912. The monoisotopic (exact) mass is 466 g/mol. The molecule has 0 spiro atoms. The number of hydrogen-bond donors (Lipinski definition) is 0. The highest BCUT2D eigenvalue weighted by Gasteiger charge is 2.22. The molecule has 1 fully saturated rings. The molecule has 2 aromatic heterocycles. The quantitative estimate of drug-likeness (QED) is 0.316. The molecule has 2 heterocycles. The first-order valence-corrected chi connectivity index (χ1v) is 12.7. The third-order valence-electron chi connectivity index (χ3n) is 7.39. The molecule has 180 valence electrons. The zero-order valence-electron chi connectivity index (χ0n) is 21.4. The normalized spacial score (nSPS) is 14.9. The molecule has 5 nitrogen and oxygen atoms in total. The molecule has 1 aliphatic rings. The van der Waals surface area contributed by atoms with Crippen molar-refractivity contribution >= 4 is 17.1 Å². The Hall–Kier alpha value is -3.47. The molecule has 5 heteroatoms. The number of aromatic nitrogens is 3. The first kappa shape index (κ1) is 23.3. The standard InChI is InChI=1S/C30H34N4O/c1-19-15-20(2)28(21(3)16-19)33-22(4)17-25(23(33)5)18-31-34-29(24-11-7-6-8-12-24)32-27-14-10-9-13-26(27)30(34)35/h9-10,13-18,24H,6-8,11-12H2,1-5H3. The van der Waals surface area contributed by atoms with Crippen molar-refractivity contribution in [2.24, 2.45) is 5.10 Å². The van der Waals surface area contributed by atoms with Crippen LogP contribution in [-0.2, 0) is 0 Å². The highest BCUT2D eigenvalue weighted by molar-refractivity contribution is 5.83. The molecule has 2 aromatic carbocycles. The summed E-state index contributed by atoms with van der Waals surface area (Å²) in [6, 6.07) is 14.2. The summed E-state index contributed by atoms with van der Waals surface area (Å²) in [4.78, 5) is 18.5. The van der Waals surface area contributed by atoms with Crippen molar-refractivity contribution in [2.75, 3.05) is 0 Å².